The van der Waals surface area contributed by atoms with Gasteiger partial charge < -0.3 is 9.64 Å². The topological polar surface area (TPSA) is 12.5 Å². The Hall–Kier alpha value is -10.8. The van der Waals surface area contributed by atoms with E-state index in [9.17, 15) is 4.39 Å². The molecule has 0 amide bonds. The van der Waals surface area contributed by atoms with Gasteiger partial charge >= 0.3 is 0 Å². The van der Waals surface area contributed by atoms with Crippen LogP contribution in [0.2, 0.25) is 0 Å². The van der Waals surface area contributed by atoms with Gasteiger partial charge in [-0.05, 0) is 196 Å². The molecule has 15 rings (SSSR count). The third-order valence-corrected chi connectivity index (χ3v) is 16.7. The van der Waals surface area contributed by atoms with E-state index in [-0.39, 0.29) is 5.56 Å². The van der Waals surface area contributed by atoms with Gasteiger partial charge in [0.25, 0.3) is 0 Å². The molecule has 13 aromatic carbocycles. The first-order valence-electron chi connectivity index (χ1n) is 28.2. The summed E-state index contributed by atoms with van der Waals surface area (Å²) in [4.78, 5) is 2.28. The molecule has 1 heterocycles. The van der Waals surface area contributed by atoms with Gasteiger partial charge in [-0.2, -0.15) is 0 Å². The molecule has 0 unspecified atom stereocenters. The Kier molecular flexibility index (Phi) is 12.4. The molecule has 0 N–H and O–H groups in total. The molecular weight excluding hydrogens is 1040 g/mol. The standard InChI is InChI=1S/C79H50F3NO/c80-71-47-62(48-72(81)78(71)82)61-44-68(63-42-59(53-23-11-3-12-24-53)41-60(43-63)54-25-13-4-14-26-54)77-67-38-33-56(45-69(67)79(70(77)46-61,64-27-15-5-16-28-64)65-29-17-6-18-30-65)58-35-40-74-76(50-58)84-75-49-57(52-21-9-2-10-22-52)34-39-73(75)83(74)66-36-31-55(32-37-66)51-19-7-1-8-20-51/h1-50H. The van der Waals surface area contributed by atoms with Crippen LogP contribution in [0.3, 0.4) is 0 Å². The van der Waals surface area contributed by atoms with Gasteiger partial charge in [0, 0.05) is 5.69 Å². The van der Waals surface area contributed by atoms with Crippen molar-refractivity contribution in [3.05, 3.63) is 343 Å². The van der Waals surface area contributed by atoms with E-state index in [1.165, 1.54) is 0 Å². The van der Waals surface area contributed by atoms with Crippen molar-refractivity contribution in [2.45, 2.75) is 5.41 Å². The number of nitrogens with zero attached hydrogens (tertiary/aromatic N) is 1. The Bertz CT molecular complexity index is 4510. The van der Waals surface area contributed by atoms with E-state index in [4.69, 9.17) is 4.74 Å². The summed E-state index contributed by atoms with van der Waals surface area (Å²) in [6, 6.07) is 104. The number of hydrogen-bond donors (Lipinski definition) is 0. The van der Waals surface area contributed by atoms with E-state index in [0.29, 0.717) is 11.3 Å². The van der Waals surface area contributed by atoms with Crippen molar-refractivity contribution in [1.29, 1.82) is 0 Å². The highest BCUT2D eigenvalue weighted by Crippen LogP contribution is 2.61. The zero-order valence-corrected chi connectivity index (χ0v) is 45.4. The molecule has 0 atom stereocenters. The van der Waals surface area contributed by atoms with Gasteiger partial charge in [-0.1, -0.05) is 218 Å². The lowest BCUT2D eigenvalue weighted by molar-refractivity contribution is 0.447. The highest BCUT2D eigenvalue weighted by molar-refractivity contribution is 6.00. The molecule has 2 nitrogen and oxygen atoms in total. The molecule has 398 valence electrons. The van der Waals surface area contributed by atoms with Crippen LogP contribution in [-0.2, 0) is 5.41 Å². The number of hydrogen-bond acceptors (Lipinski definition) is 2. The molecule has 0 aromatic heterocycles. The maximum absolute atomic E-state index is 15.6. The third kappa shape index (κ3) is 8.60. The van der Waals surface area contributed by atoms with Gasteiger partial charge in [0.15, 0.2) is 29.0 Å². The second-order valence-corrected chi connectivity index (χ2v) is 21.6. The SMILES string of the molecule is Fc1cc(-c2cc(-c3cc(-c4ccccc4)cc(-c4ccccc4)c3)c3c(c2)C(c2ccccc2)(c2ccccc2)c2cc(-c4ccc5c(c4)Oc4cc(-c6ccccc6)ccc4N5c4ccc(-c5ccccc5)cc4)ccc2-3)cc(F)c1F. The fraction of sp³-hybridized carbons (Fsp3) is 0.0127. The van der Waals surface area contributed by atoms with Crippen molar-refractivity contribution >= 4 is 17.1 Å². The number of anilines is 3. The van der Waals surface area contributed by atoms with Gasteiger partial charge in [0.05, 0.1) is 16.8 Å². The van der Waals surface area contributed by atoms with E-state index >= 15 is 8.78 Å². The zero-order valence-electron chi connectivity index (χ0n) is 45.4. The summed E-state index contributed by atoms with van der Waals surface area (Å²) in [5.74, 6) is -2.58. The van der Waals surface area contributed by atoms with Crippen LogP contribution < -0.4 is 9.64 Å². The van der Waals surface area contributed by atoms with Crippen molar-refractivity contribution in [1.82, 2.24) is 0 Å². The summed E-state index contributed by atoms with van der Waals surface area (Å²) >= 11 is 0. The van der Waals surface area contributed by atoms with E-state index in [1.807, 2.05) is 66.7 Å². The molecule has 0 saturated carbocycles. The average Bonchev–Trinajstić information content (AvgIpc) is 1.72. The average molecular weight is 1090 g/mol. The smallest absolute Gasteiger partial charge is 0.194 e. The van der Waals surface area contributed by atoms with Gasteiger partial charge in [-0.25, -0.2) is 13.2 Å². The van der Waals surface area contributed by atoms with Gasteiger partial charge in [-0.3, -0.25) is 0 Å². The second-order valence-electron chi connectivity index (χ2n) is 21.6. The Morgan fingerprint density at radius 3 is 1.15 bits per heavy atom. The number of rotatable bonds is 10. The van der Waals surface area contributed by atoms with Gasteiger partial charge in [0.1, 0.15) is 0 Å². The molecule has 1 aliphatic heterocycles. The largest absolute Gasteiger partial charge is 0.453 e. The summed E-state index contributed by atoms with van der Waals surface area (Å²) in [5.41, 5.74) is 20.7. The molecule has 5 heteroatoms. The normalized spacial score (nSPS) is 12.6. The third-order valence-electron chi connectivity index (χ3n) is 16.7. The first kappa shape index (κ1) is 50.2. The molecule has 84 heavy (non-hydrogen) atoms. The molecule has 0 spiro atoms. The van der Waals surface area contributed by atoms with Crippen LogP contribution in [0.5, 0.6) is 11.5 Å². The summed E-state index contributed by atoms with van der Waals surface area (Å²) in [6.07, 6.45) is 0. The maximum atomic E-state index is 15.6. The highest BCUT2D eigenvalue weighted by Gasteiger charge is 2.48. The zero-order chi connectivity index (χ0) is 56.3. The van der Waals surface area contributed by atoms with Crippen molar-refractivity contribution in [2.24, 2.45) is 0 Å². The Labute approximate surface area is 486 Å². The molecule has 0 radical (unpaired) electrons. The summed E-state index contributed by atoms with van der Waals surface area (Å²) in [5, 5.41) is 0. The first-order valence-corrected chi connectivity index (χ1v) is 28.2. The minimum Gasteiger partial charge on any atom is -0.453 e. The van der Waals surface area contributed by atoms with Crippen molar-refractivity contribution in [2.75, 3.05) is 4.90 Å². The molecular formula is C79H50F3NO. The van der Waals surface area contributed by atoms with Crippen molar-refractivity contribution < 1.29 is 17.9 Å². The minimum absolute atomic E-state index is 0.220. The summed E-state index contributed by atoms with van der Waals surface area (Å²) in [7, 11) is 0. The summed E-state index contributed by atoms with van der Waals surface area (Å²) < 4.78 is 53.3. The van der Waals surface area contributed by atoms with Gasteiger partial charge in [-0.15, -0.1) is 0 Å². The van der Waals surface area contributed by atoms with E-state index in [1.54, 1.807) is 0 Å². The Morgan fingerprint density at radius 2 is 0.643 bits per heavy atom. The molecule has 0 bridgehead atoms. The predicted octanol–water partition coefficient (Wildman–Crippen LogP) is 21.7. The molecule has 0 fully saturated rings. The van der Waals surface area contributed by atoms with E-state index < -0.39 is 22.9 Å². The van der Waals surface area contributed by atoms with Crippen LogP contribution in [0.25, 0.3) is 89.0 Å². The lowest BCUT2D eigenvalue weighted by atomic mass is 9.67. The van der Waals surface area contributed by atoms with Gasteiger partial charge in [0.2, 0.25) is 0 Å². The van der Waals surface area contributed by atoms with E-state index in [0.717, 1.165) is 135 Å². The van der Waals surface area contributed by atoms with Crippen LogP contribution >= 0.6 is 0 Å². The van der Waals surface area contributed by atoms with Crippen LogP contribution in [0, 0.1) is 17.5 Å². The maximum Gasteiger partial charge on any atom is 0.194 e. The fourth-order valence-corrected chi connectivity index (χ4v) is 12.8. The van der Waals surface area contributed by atoms with Crippen molar-refractivity contribution in [3.8, 4) is 101 Å². The molecule has 13 aromatic rings. The Balaban J connectivity index is 0.963. The number of halogens is 3. The second kappa shape index (κ2) is 20.7. The molecule has 1 aliphatic carbocycles. The predicted molar refractivity (Wildman–Crippen MR) is 336 cm³/mol. The summed E-state index contributed by atoms with van der Waals surface area (Å²) in [6.45, 7) is 0. The first-order chi connectivity index (χ1) is 41.3. The number of benzene rings is 13. The number of fused-ring (bicyclic) bond motifs is 5. The van der Waals surface area contributed by atoms with Crippen molar-refractivity contribution in [3.63, 3.8) is 0 Å². The molecule has 2 aliphatic rings. The lowest BCUT2D eigenvalue weighted by Crippen LogP contribution is -2.28. The Morgan fingerprint density at radius 1 is 0.274 bits per heavy atom. The van der Waals surface area contributed by atoms with Crippen LogP contribution in [-0.4, -0.2) is 0 Å². The minimum atomic E-state index is -1.51. The highest BCUT2D eigenvalue weighted by atomic mass is 19.2. The van der Waals surface area contributed by atoms with E-state index in [2.05, 4.69) is 229 Å². The van der Waals surface area contributed by atoms with Crippen LogP contribution in [0.1, 0.15) is 22.3 Å². The quantitative estimate of drug-likeness (QED) is 0.127. The van der Waals surface area contributed by atoms with Crippen LogP contribution in [0.4, 0.5) is 30.2 Å². The number of ether oxygens (including phenoxy) is 1. The fourth-order valence-electron chi connectivity index (χ4n) is 12.8. The van der Waals surface area contributed by atoms with Crippen LogP contribution in [0.15, 0.2) is 303 Å². The monoisotopic (exact) mass is 1090 g/mol. The lowest BCUT2D eigenvalue weighted by Gasteiger charge is -2.35. The molecule has 0 saturated heterocycles.